The number of hydrogen-bond acceptors (Lipinski definition) is 7. The third-order valence-electron chi connectivity index (χ3n) is 16.1. The number of hydrogen-bond donors (Lipinski definition) is 1. The van der Waals surface area contributed by atoms with E-state index in [1.165, 1.54) is 0 Å². The molecule has 2 amide bonds. The van der Waals surface area contributed by atoms with Crippen LogP contribution in [0.1, 0.15) is 171 Å². The Labute approximate surface area is 338 Å². The van der Waals surface area contributed by atoms with Gasteiger partial charge in [-0.3, -0.25) is 33.7 Å². The third-order valence-corrected chi connectivity index (χ3v) is 16.1. The van der Waals surface area contributed by atoms with E-state index in [4.69, 9.17) is 0 Å². The molecule has 4 saturated carbocycles. The average Bonchev–Trinajstić information content (AvgIpc) is 3.82. The van der Waals surface area contributed by atoms with Gasteiger partial charge >= 0.3 is 0 Å². The minimum absolute atomic E-state index is 0.00964. The molecule has 4 aliphatic carbocycles. The van der Waals surface area contributed by atoms with Crippen molar-refractivity contribution >= 4 is 34.9 Å². The van der Waals surface area contributed by atoms with Crippen molar-refractivity contribution in [3.05, 3.63) is 0 Å². The van der Waals surface area contributed by atoms with Crippen molar-refractivity contribution in [3.63, 3.8) is 0 Å². The summed E-state index contributed by atoms with van der Waals surface area (Å²) in [5.74, 6) is -1.74. The number of carbonyl (C=O) groups is 6. The number of Topliss-reactive ketones (excluding diaryl/α,β-unsaturated/α-hetero) is 4. The van der Waals surface area contributed by atoms with Crippen LogP contribution in [0.3, 0.4) is 0 Å². The van der Waals surface area contributed by atoms with Crippen LogP contribution in [-0.2, 0) is 28.8 Å². The second-order valence-corrected chi connectivity index (χ2v) is 21.4. The van der Waals surface area contributed by atoms with Crippen molar-refractivity contribution in [2.75, 3.05) is 19.6 Å². The molecule has 0 aromatic carbocycles. The van der Waals surface area contributed by atoms with Crippen molar-refractivity contribution in [2.45, 2.75) is 189 Å². The highest BCUT2D eigenvalue weighted by Crippen LogP contribution is 2.88. The summed E-state index contributed by atoms with van der Waals surface area (Å²) in [5, 5.41) is 3.28. The molecule has 2 aliphatic heterocycles. The lowest BCUT2D eigenvalue weighted by molar-refractivity contribution is -0.147. The molecule has 6 rings (SSSR count). The summed E-state index contributed by atoms with van der Waals surface area (Å²) in [6, 6.07) is -1.56. The number of amides is 2. The van der Waals surface area contributed by atoms with Crippen molar-refractivity contribution in [1.82, 2.24) is 15.1 Å². The number of nitrogens with one attached hydrogen (secondary N) is 1. The Hall–Kier alpha value is -2.42. The molecule has 314 valence electrons. The lowest BCUT2D eigenvalue weighted by atomic mass is 9.73. The number of ketones is 4. The lowest BCUT2D eigenvalue weighted by Gasteiger charge is -2.37. The highest BCUT2D eigenvalue weighted by atomic mass is 16.2. The van der Waals surface area contributed by atoms with Gasteiger partial charge in [-0.1, -0.05) is 87.5 Å². The molecular weight excluding hydrogens is 703 g/mol. The minimum atomic E-state index is -0.685. The zero-order valence-electron chi connectivity index (χ0n) is 36.3. The normalized spacial score (nSPS) is 28.9. The Morgan fingerprint density at radius 2 is 1.50 bits per heavy atom. The smallest absolute Gasteiger partial charge is 0.237 e. The van der Waals surface area contributed by atoms with Crippen LogP contribution in [0, 0.1) is 51.2 Å². The molecule has 9 heteroatoms. The van der Waals surface area contributed by atoms with E-state index in [0.717, 1.165) is 90.1 Å². The van der Waals surface area contributed by atoms with Gasteiger partial charge in [0.15, 0.2) is 17.3 Å². The summed E-state index contributed by atoms with van der Waals surface area (Å²) in [4.78, 5) is 89.2. The first-order chi connectivity index (χ1) is 26.4. The van der Waals surface area contributed by atoms with E-state index >= 15 is 4.79 Å². The zero-order chi connectivity index (χ0) is 40.8. The first-order valence-corrected chi connectivity index (χ1v) is 22.8. The zero-order valence-corrected chi connectivity index (χ0v) is 36.3. The van der Waals surface area contributed by atoms with Crippen molar-refractivity contribution in [1.29, 1.82) is 0 Å². The van der Waals surface area contributed by atoms with Gasteiger partial charge in [0.2, 0.25) is 17.6 Å². The van der Waals surface area contributed by atoms with E-state index in [9.17, 15) is 24.0 Å². The first-order valence-electron chi connectivity index (χ1n) is 22.8. The Bertz CT molecular complexity index is 1510. The van der Waals surface area contributed by atoms with Crippen LogP contribution in [0.4, 0.5) is 0 Å². The summed E-state index contributed by atoms with van der Waals surface area (Å²) in [7, 11) is 0. The van der Waals surface area contributed by atoms with Gasteiger partial charge in [0, 0.05) is 49.6 Å². The van der Waals surface area contributed by atoms with Gasteiger partial charge in [0.1, 0.15) is 0 Å². The van der Waals surface area contributed by atoms with Gasteiger partial charge in [-0.05, 0) is 105 Å². The molecule has 6 fully saturated rings. The molecule has 1 N–H and O–H groups in total. The Balaban J connectivity index is 1.25. The number of carbonyl (C=O) groups excluding carboxylic acids is 6. The first kappa shape index (κ1) is 43.2. The summed E-state index contributed by atoms with van der Waals surface area (Å²) in [6.45, 7) is 19.2. The number of nitrogens with zero attached hydrogens (tertiary/aromatic N) is 2. The molecule has 0 bridgehead atoms. The number of rotatable bonds is 18. The van der Waals surface area contributed by atoms with Crippen LogP contribution in [0.15, 0.2) is 0 Å². The van der Waals surface area contributed by atoms with Crippen molar-refractivity contribution in [3.8, 4) is 0 Å². The van der Waals surface area contributed by atoms with Crippen molar-refractivity contribution < 1.29 is 28.8 Å². The molecule has 6 aliphatic rings. The average molecular weight is 778 g/mol. The van der Waals surface area contributed by atoms with E-state index in [2.05, 4.69) is 37.9 Å². The Kier molecular flexibility index (Phi) is 12.9. The van der Waals surface area contributed by atoms with Crippen LogP contribution in [-0.4, -0.2) is 82.5 Å². The third kappa shape index (κ3) is 8.24. The monoisotopic (exact) mass is 778 g/mol. The Morgan fingerprint density at radius 1 is 0.821 bits per heavy atom. The molecule has 2 saturated heterocycles. The van der Waals surface area contributed by atoms with E-state index in [1.54, 1.807) is 0 Å². The highest BCUT2D eigenvalue weighted by molar-refractivity contribution is 6.38. The largest absolute Gasteiger partial charge is 0.345 e. The lowest BCUT2D eigenvalue weighted by Crippen LogP contribution is -2.54. The second-order valence-electron chi connectivity index (χ2n) is 21.4. The fourth-order valence-corrected chi connectivity index (χ4v) is 12.4. The van der Waals surface area contributed by atoms with E-state index in [-0.39, 0.29) is 76.6 Å². The van der Waals surface area contributed by atoms with Crippen LogP contribution in [0.5, 0.6) is 0 Å². The number of likely N-dealkylation sites (tertiary alicyclic amines) is 2. The summed E-state index contributed by atoms with van der Waals surface area (Å²) in [5.41, 5.74) is -0.703. The maximum Gasteiger partial charge on any atom is 0.237 e. The molecule has 0 radical (unpaired) electrons. The molecule has 0 aromatic heterocycles. The second kappa shape index (κ2) is 16.7. The van der Waals surface area contributed by atoms with Crippen LogP contribution >= 0.6 is 0 Å². The summed E-state index contributed by atoms with van der Waals surface area (Å²) >= 11 is 0. The topological polar surface area (TPSA) is 121 Å². The van der Waals surface area contributed by atoms with Crippen molar-refractivity contribution in [2.24, 2.45) is 51.2 Å². The number of fused-ring (bicyclic) bond motifs is 1. The van der Waals surface area contributed by atoms with E-state index < -0.39 is 35.1 Å². The molecule has 2 heterocycles. The van der Waals surface area contributed by atoms with E-state index in [0.29, 0.717) is 37.6 Å². The maximum atomic E-state index is 15.3. The van der Waals surface area contributed by atoms with Crippen LogP contribution < -0.4 is 5.32 Å². The maximum absolute atomic E-state index is 15.3. The highest BCUT2D eigenvalue weighted by Gasteiger charge is 2.85. The fourth-order valence-electron chi connectivity index (χ4n) is 12.4. The summed E-state index contributed by atoms with van der Waals surface area (Å²) in [6.07, 6.45) is 14.0. The molecular formula is C47H75N3O6. The Morgan fingerprint density at radius 3 is 2.05 bits per heavy atom. The predicted octanol–water partition coefficient (Wildman–Crippen LogP) is 7.90. The van der Waals surface area contributed by atoms with Crippen LogP contribution in [0.25, 0.3) is 0 Å². The molecule has 0 aromatic rings. The standard InChI is InChI=1S/C47H75N3O6/c1-9-15-33(41(54)39(53)24-31-19-20-31)25-37(51)36-27-47(45(7,8)46(47)21-14-22-46)29-50(36)43(56)34(44(4,5)6)26-38(52)40(32-16-11-10-12-17-32)48-42(55)35-18-13-23-49(35)28-30(2)3/h30-36,40H,9-29H2,1-8H3,(H,48,55)/t33-,34-,35-,36+,40+,47-/m1/s1. The van der Waals surface area contributed by atoms with E-state index in [1.807, 2.05) is 32.6 Å². The SMILES string of the molecule is CCC[C@H](CC(=O)[C@@H]1C[C@@]2(CN1C(=O)[C@@H](CC(=O)[C@@H](NC(=O)[C@H]1CCCN1CC(C)C)C1CCCCC1)C(C)(C)C)C(C)(C)C21CCC1)C(=O)C(=O)CC1CC1. The van der Waals surface area contributed by atoms with Gasteiger partial charge in [-0.15, -0.1) is 0 Å². The van der Waals surface area contributed by atoms with Gasteiger partial charge < -0.3 is 10.2 Å². The minimum Gasteiger partial charge on any atom is -0.345 e. The quantitative estimate of drug-likeness (QED) is 0.141. The molecule has 56 heavy (non-hydrogen) atoms. The van der Waals surface area contributed by atoms with Crippen LogP contribution in [0.2, 0.25) is 0 Å². The predicted molar refractivity (Wildman–Crippen MR) is 219 cm³/mol. The van der Waals surface area contributed by atoms with Gasteiger partial charge in [0.25, 0.3) is 0 Å². The van der Waals surface area contributed by atoms with Gasteiger partial charge in [0.05, 0.1) is 18.1 Å². The molecule has 6 atom stereocenters. The summed E-state index contributed by atoms with van der Waals surface area (Å²) < 4.78 is 0. The molecule has 2 spiro atoms. The molecule has 9 nitrogen and oxygen atoms in total. The van der Waals surface area contributed by atoms with Gasteiger partial charge in [-0.25, -0.2) is 0 Å². The molecule has 0 unspecified atom stereocenters. The van der Waals surface area contributed by atoms with Gasteiger partial charge in [-0.2, -0.15) is 0 Å². The fraction of sp³-hybridized carbons (Fsp3) is 0.872.